The lowest BCUT2D eigenvalue weighted by molar-refractivity contribution is 0.0955. The molecule has 108 valence electrons. The molecule has 21 heavy (non-hydrogen) atoms. The first-order valence-electron chi connectivity index (χ1n) is 6.41. The number of benzene rings is 1. The summed E-state index contributed by atoms with van der Waals surface area (Å²) in [6.07, 6.45) is 0.416. The fourth-order valence-corrected chi connectivity index (χ4v) is 2.45. The minimum Gasteiger partial charge on any atom is -0.395 e. The molecule has 0 atom stereocenters. The molecule has 0 spiro atoms. The number of aliphatic hydroxyl groups excluding tert-OH is 1. The molecule has 1 heterocycles. The minimum absolute atomic E-state index is 0.0271. The lowest BCUT2D eigenvalue weighted by Gasteiger charge is -2.03. The van der Waals surface area contributed by atoms with E-state index in [1.807, 2.05) is 0 Å². The van der Waals surface area contributed by atoms with Crippen LogP contribution in [-0.4, -0.2) is 17.6 Å². The topological polar surface area (TPSA) is 49.3 Å². The van der Waals surface area contributed by atoms with Crippen molar-refractivity contribution in [1.82, 2.24) is 5.32 Å². The van der Waals surface area contributed by atoms with Gasteiger partial charge in [0, 0.05) is 13.0 Å². The van der Waals surface area contributed by atoms with E-state index in [4.69, 9.17) is 5.11 Å². The Labute approximate surface area is 126 Å². The van der Waals surface area contributed by atoms with Crippen LogP contribution in [0.5, 0.6) is 0 Å². The van der Waals surface area contributed by atoms with Crippen molar-refractivity contribution >= 4 is 17.2 Å². The third kappa shape index (κ3) is 4.71. The number of hydrogen-bond acceptors (Lipinski definition) is 3. The van der Waals surface area contributed by atoms with Gasteiger partial charge in [0.15, 0.2) is 0 Å². The molecule has 0 aliphatic carbocycles. The third-order valence-electron chi connectivity index (χ3n) is 2.62. The Bertz CT molecular complexity index is 685. The van der Waals surface area contributed by atoms with Crippen molar-refractivity contribution in [3.8, 4) is 11.8 Å². The second-order valence-corrected chi connectivity index (χ2v) is 5.34. The van der Waals surface area contributed by atoms with Crippen LogP contribution in [0, 0.1) is 17.7 Å². The molecule has 1 aromatic carbocycles. The Morgan fingerprint density at radius 3 is 2.95 bits per heavy atom. The number of hydrogen-bond donors (Lipinski definition) is 2. The highest BCUT2D eigenvalue weighted by molar-refractivity contribution is 7.14. The average molecular weight is 303 g/mol. The zero-order valence-electron chi connectivity index (χ0n) is 11.2. The summed E-state index contributed by atoms with van der Waals surface area (Å²) in [5.41, 5.74) is 0.711. The van der Waals surface area contributed by atoms with Gasteiger partial charge in [-0.25, -0.2) is 4.39 Å². The highest BCUT2D eigenvalue weighted by Gasteiger charge is 2.08. The molecule has 0 unspecified atom stereocenters. The first kappa shape index (κ1) is 15.2. The lowest BCUT2D eigenvalue weighted by atomic mass is 10.2. The molecule has 2 aromatic rings. The van der Waals surface area contributed by atoms with Crippen molar-refractivity contribution < 1.29 is 14.3 Å². The molecule has 1 aromatic heterocycles. The molecule has 5 heteroatoms. The summed E-state index contributed by atoms with van der Waals surface area (Å²) in [4.78, 5) is 13.3. The summed E-state index contributed by atoms with van der Waals surface area (Å²) in [5, 5.41) is 11.4. The van der Waals surface area contributed by atoms with E-state index in [0.29, 0.717) is 16.9 Å². The molecule has 1 amide bonds. The van der Waals surface area contributed by atoms with Crippen LogP contribution in [0.4, 0.5) is 4.39 Å². The van der Waals surface area contributed by atoms with Crippen molar-refractivity contribution in [1.29, 1.82) is 0 Å². The van der Waals surface area contributed by atoms with Crippen molar-refractivity contribution in [2.75, 3.05) is 6.61 Å². The molecule has 3 nitrogen and oxygen atoms in total. The summed E-state index contributed by atoms with van der Waals surface area (Å²) < 4.78 is 13.0. The van der Waals surface area contributed by atoms with E-state index in [9.17, 15) is 9.18 Å². The SMILES string of the molecule is O=C(NCc1cccc(F)c1)c1ccc(C#CCCO)s1. The number of amides is 1. The number of nitrogens with one attached hydrogen (secondary N) is 1. The van der Waals surface area contributed by atoms with Crippen LogP contribution in [0.15, 0.2) is 36.4 Å². The van der Waals surface area contributed by atoms with Crippen LogP contribution in [-0.2, 0) is 6.54 Å². The van der Waals surface area contributed by atoms with Crippen molar-refractivity contribution in [2.24, 2.45) is 0 Å². The van der Waals surface area contributed by atoms with Crippen LogP contribution in [0.25, 0.3) is 0 Å². The van der Waals surface area contributed by atoms with Crippen molar-refractivity contribution in [3.63, 3.8) is 0 Å². The van der Waals surface area contributed by atoms with Gasteiger partial charge >= 0.3 is 0 Å². The van der Waals surface area contributed by atoms with E-state index >= 15 is 0 Å². The Hall–Kier alpha value is -2.16. The van der Waals surface area contributed by atoms with Gasteiger partial charge in [0.25, 0.3) is 5.91 Å². The third-order valence-corrected chi connectivity index (χ3v) is 3.62. The van der Waals surface area contributed by atoms with Gasteiger partial charge in [-0.3, -0.25) is 4.79 Å². The Kier molecular flexibility index (Phi) is 5.50. The molecule has 0 bridgehead atoms. The van der Waals surface area contributed by atoms with Crippen molar-refractivity contribution in [2.45, 2.75) is 13.0 Å². The molecular formula is C16H14FNO2S. The molecule has 2 rings (SSSR count). The van der Waals surface area contributed by atoms with Crippen LogP contribution in [0.3, 0.4) is 0 Å². The number of halogens is 1. The van der Waals surface area contributed by atoms with Gasteiger partial charge in [0.05, 0.1) is 16.4 Å². The number of thiophene rings is 1. The maximum absolute atomic E-state index is 13.0. The summed E-state index contributed by atoms with van der Waals surface area (Å²) in [7, 11) is 0. The maximum Gasteiger partial charge on any atom is 0.261 e. The highest BCUT2D eigenvalue weighted by Crippen LogP contribution is 2.15. The monoisotopic (exact) mass is 303 g/mol. The summed E-state index contributed by atoms with van der Waals surface area (Å²) in [5.74, 6) is 5.16. The number of aliphatic hydroxyl groups is 1. The quantitative estimate of drug-likeness (QED) is 0.853. The number of carbonyl (C=O) groups excluding carboxylic acids is 1. The molecule has 0 aliphatic rings. The van der Waals surface area contributed by atoms with Gasteiger partial charge in [-0.1, -0.05) is 24.0 Å². The van der Waals surface area contributed by atoms with E-state index in [0.717, 1.165) is 4.88 Å². The maximum atomic E-state index is 13.0. The first-order chi connectivity index (χ1) is 10.2. The molecule has 0 saturated heterocycles. The minimum atomic E-state index is -0.320. The first-order valence-corrected chi connectivity index (χ1v) is 7.23. The van der Waals surface area contributed by atoms with Crippen LogP contribution in [0.1, 0.15) is 26.5 Å². The predicted octanol–water partition coefficient (Wildman–Crippen LogP) is 2.55. The molecule has 0 aliphatic heterocycles. The fourth-order valence-electron chi connectivity index (χ4n) is 1.65. The van der Waals surface area contributed by atoms with Gasteiger partial charge in [-0.2, -0.15) is 0 Å². The van der Waals surface area contributed by atoms with Crippen LogP contribution in [0.2, 0.25) is 0 Å². The van der Waals surface area contributed by atoms with E-state index in [2.05, 4.69) is 17.2 Å². The van der Waals surface area contributed by atoms with E-state index in [-0.39, 0.29) is 24.9 Å². The normalized spacial score (nSPS) is 9.81. The molecular weight excluding hydrogens is 289 g/mol. The molecule has 0 radical (unpaired) electrons. The summed E-state index contributed by atoms with van der Waals surface area (Å²) >= 11 is 1.29. The molecule has 0 saturated carbocycles. The van der Waals surface area contributed by atoms with Crippen molar-refractivity contribution in [3.05, 3.63) is 57.5 Å². The Morgan fingerprint density at radius 2 is 2.19 bits per heavy atom. The fraction of sp³-hybridized carbons (Fsp3) is 0.188. The van der Waals surface area contributed by atoms with Crippen LogP contribution < -0.4 is 5.32 Å². The van der Waals surface area contributed by atoms with Crippen LogP contribution >= 0.6 is 11.3 Å². The Balaban J connectivity index is 1.93. The summed E-state index contributed by atoms with van der Waals surface area (Å²) in [6, 6.07) is 9.59. The van der Waals surface area contributed by atoms with E-state index in [1.54, 1.807) is 24.3 Å². The second-order valence-electron chi connectivity index (χ2n) is 4.25. The molecule has 0 fully saturated rings. The highest BCUT2D eigenvalue weighted by atomic mass is 32.1. The zero-order chi connectivity index (χ0) is 15.1. The lowest BCUT2D eigenvalue weighted by Crippen LogP contribution is -2.21. The van der Waals surface area contributed by atoms with Gasteiger partial charge in [0.2, 0.25) is 0 Å². The van der Waals surface area contributed by atoms with E-state index in [1.165, 1.54) is 23.5 Å². The zero-order valence-corrected chi connectivity index (χ0v) is 12.0. The smallest absolute Gasteiger partial charge is 0.261 e. The number of rotatable bonds is 4. The average Bonchev–Trinajstić information content (AvgIpc) is 2.94. The second kappa shape index (κ2) is 7.58. The van der Waals surface area contributed by atoms with Gasteiger partial charge in [0.1, 0.15) is 5.82 Å². The number of carbonyl (C=O) groups is 1. The largest absolute Gasteiger partial charge is 0.395 e. The predicted molar refractivity (Wildman–Crippen MR) is 80.5 cm³/mol. The molecule has 2 N–H and O–H groups in total. The van der Waals surface area contributed by atoms with Gasteiger partial charge in [-0.05, 0) is 29.8 Å². The standard InChI is InChI=1S/C16H14FNO2S/c17-13-5-3-4-12(10-13)11-18-16(20)15-8-7-14(21-15)6-1-2-9-19/h3-5,7-8,10,19H,2,9,11H2,(H,18,20). The summed E-state index contributed by atoms with van der Waals surface area (Å²) in [6.45, 7) is 0.305. The van der Waals surface area contributed by atoms with Gasteiger partial charge < -0.3 is 10.4 Å². The van der Waals surface area contributed by atoms with Gasteiger partial charge in [-0.15, -0.1) is 11.3 Å². The Morgan fingerprint density at radius 1 is 1.33 bits per heavy atom. The van der Waals surface area contributed by atoms with E-state index < -0.39 is 0 Å².